The highest BCUT2D eigenvalue weighted by Gasteiger charge is 2.28. The number of nitrogen functional groups attached to an aromatic ring is 1. The molecule has 4 rings (SSSR count). The van der Waals surface area contributed by atoms with Crippen molar-refractivity contribution >= 4 is 17.8 Å². The smallest absolute Gasteiger partial charge is 0.382 e. The summed E-state index contributed by atoms with van der Waals surface area (Å²) in [5.41, 5.74) is 6.80. The van der Waals surface area contributed by atoms with Gasteiger partial charge in [-0.2, -0.15) is 5.26 Å². The molecule has 0 spiro atoms. The van der Waals surface area contributed by atoms with E-state index in [0.717, 1.165) is 39.9 Å². The number of ether oxygens (including phenoxy) is 2. The fourth-order valence-corrected chi connectivity index (χ4v) is 4.53. The number of aryl methyl sites for hydroxylation is 2. The van der Waals surface area contributed by atoms with E-state index in [-0.39, 0.29) is 5.76 Å². The Kier molecular flexibility index (Phi) is 8.21. The third-order valence-corrected chi connectivity index (χ3v) is 6.98. The standard InChI is InChI=1S/C31H27N3O7/c1-16-13-17(2)19(4)24(18(16)3)15-40-26-8-6-5-7-20(26)21-11-12-39-28(21)31(38)41-30(37)22-9-10-25(35)23(14-32)27(22)29(36)34-33/h5-13,35H,15,33H2,1-4H3,(H,34,36). The quantitative estimate of drug-likeness (QED) is 0.0945. The molecular formula is C31H27N3O7. The number of carbonyl (C=O) groups excluding carboxylic acids is 3. The minimum absolute atomic E-state index is 0.280. The molecule has 1 aromatic heterocycles. The van der Waals surface area contributed by atoms with Crippen LogP contribution in [0.15, 0.2) is 59.2 Å². The summed E-state index contributed by atoms with van der Waals surface area (Å²) in [6.45, 7) is 8.48. The van der Waals surface area contributed by atoms with Crippen LogP contribution in [0.4, 0.5) is 0 Å². The van der Waals surface area contributed by atoms with Crippen molar-refractivity contribution in [3.8, 4) is 28.7 Å². The van der Waals surface area contributed by atoms with Crippen molar-refractivity contribution in [3.05, 3.63) is 105 Å². The lowest BCUT2D eigenvalue weighted by molar-refractivity contribution is 0.0374. The van der Waals surface area contributed by atoms with Crippen molar-refractivity contribution < 1.29 is 33.4 Å². The van der Waals surface area contributed by atoms with Crippen molar-refractivity contribution in [2.45, 2.75) is 34.3 Å². The molecule has 0 radical (unpaired) electrons. The first-order chi connectivity index (χ1) is 19.6. The Labute approximate surface area is 235 Å². The Bertz CT molecular complexity index is 1700. The predicted molar refractivity (Wildman–Crippen MR) is 148 cm³/mol. The van der Waals surface area contributed by atoms with Crippen LogP contribution in [-0.4, -0.2) is 23.0 Å². The molecule has 0 bridgehead atoms. The van der Waals surface area contributed by atoms with Crippen molar-refractivity contribution in [1.82, 2.24) is 5.43 Å². The van der Waals surface area contributed by atoms with Gasteiger partial charge in [-0.15, -0.1) is 0 Å². The molecule has 0 saturated heterocycles. The molecule has 4 N–H and O–H groups in total. The number of hydrogen-bond donors (Lipinski definition) is 3. The molecular weight excluding hydrogens is 526 g/mol. The third-order valence-electron chi connectivity index (χ3n) is 6.98. The van der Waals surface area contributed by atoms with E-state index in [1.54, 1.807) is 35.8 Å². The summed E-state index contributed by atoms with van der Waals surface area (Å²) in [4.78, 5) is 38.3. The maximum absolute atomic E-state index is 13.1. The summed E-state index contributed by atoms with van der Waals surface area (Å²) in [7, 11) is 0. The number of esters is 2. The lowest BCUT2D eigenvalue weighted by Crippen LogP contribution is -2.32. The van der Waals surface area contributed by atoms with Gasteiger partial charge in [0, 0.05) is 11.1 Å². The van der Waals surface area contributed by atoms with Crippen LogP contribution < -0.4 is 16.0 Å². The SMILES string of the molecule is Cc1cc(C)c(C)c(COc2ccccc2-c2ccoc2C(=O)OC(=O)c2ccc(O)c(C#N)c2C(=O)NN)c1C. The van der Waals surface area contributed by atoms with E-state index in [4.69, 9.17) is 19.7 Å². The number of benzene rings is 3. The van der Waals surface area contributed by atoms with E-state index in [2.05, 4.69) is 19.9 Å². The maximum atomic E-state index is 13.1. The molecule has 0 aliphatic carbocycles. The number of nitriles is 1. The Hall–Kier alpha value is -5.40. The van der Waals surface area contributed by atoms with E-state index in [9.17, 15) is 24.8 Å². The molecule has 41 heavy (non-hydrogen) atoms. The summed E-state index contributed by atoms with van der Waals surface area (Å²) < 4.78 is 16.6. The molecule has 1 amide bonds. The van der Waals surface area contributed by atoms with Gasteiger partial charge >= 0.3 is 11.9 Å². The van der Waals surface area contributed by atoms with Gasteiger partial charge in [-0.1, -0.05) is 24.3 Å². The van der Waals surface area contributed by atoms with Crippen LogP contribution in [0.5, 0.6) is 11.5 Å². The molecule has 0 fully saturated rings. The van der Waals surface area contributed by atoms with Gasteiger partial charge in [0.2, 0.25) is 5.76 Å². The van der Waals surface area contributed by atoms with Crippen LogP contribution in [-0.2, 0) is 11.3 Å². The fourth-order valence-electron chi connectivity index (χ4n) is 4.53. The first-order valence-electron chi connectivity index (χ1n) is 12.5. The first-order valence-corrected chi connectivity index (χ1v) is 12.5. The van der Waals surface area contributed by atoms with Gasteiger partial charge < -0.3 is 19.0 Å². The van der Waals surface area contributed by atoms with Crippen LogP contribution >= 0.6 is 0 Å². The lowest BCUT2D eigenvalue weighted by atomic mass is 9.95. The van der Waals surface area contributed by atoms with Crippen LogP contribution in [0, 0.1) is 39.0 Å². The maximum Gasteiger partial charge on any atom is 0.382 e. The molecule has 10 nitrogen and oxygen atoms in total. The Morgan fingerprint density at radius 1 is 0.976 bits per heavy atom. The predicted octanol–water partition coefficient (Wildman–Crippen LogP) is 4.94. The molecule has 0 atom stereocenters. The average molecular weight is 554 g/mol. The largest absolute Gasteiger partial charge is 0.507 e. The van der Waals surface area contributed by atoms with E-state index >= 15 is 0 Å². The number of hydrazine groups is 1. The summed E-state index contributed by atoms with van der Waals surface area (Å²) in [6.07, 6.45) is 1.27. The summed E-state index contributed by atoms with van der Waals surface area (Å²) >= 11 is 0. The summed E-state index contributed by atoms with van der Waals surface area (Å²) in [5, 5.41) is 19.3. The molecule has 0 unspecified atom stereocenters. The third kappa shape index (κ3) is 5.52. The number of para-hydroxylation sites is 1. The van der Waals surface area contributed by atoms with Crippen molar-refractivity contribution in [2.24, 2.45) is 5.84 Å². The number of hydrogen-bond acceptors (Lipinski definition) is 9. The van der Waals surface area contributed by atoms with Gasteiger partial charge in [-0.3, -0.25) is 10.2 Å². The van der Waals surface area contributed by atoms with Gasteiger partial charge in [0.25, 0.3) is 5.91 Å². The minimum atomic E-state index is -1.25. The van der Waals surface area contributed by atoms with Gasteiger partial charge in [0.1, 0.15) is 29.7 Å². The van der Waals surface area contributed by atoms with Gasteiger partial charge in [-0.05, 0) is 79.8 Å². The average Bonchev–Trinajstić information content (AvgIpc) is 3.45. The number of carbonyl (C=O) groups is 3. The first kappa shape index (κ1) is 28.6. The topological polar surface area (TPSA) is 165 Å². The zero-order valence-electron chi connectivity index (χ0n) is 22.8. The van der Waals surface area contributed by atoms with Crippen molar-refractivity contribution in [3.63, 3.8) is 0 Å². The molecule has 4 aromatic rings. The molecule has 1 heterocycles. The summed E-state index contributed by atoms with van der Waals surface area (Å²) in [5.74, 6) is 1.40. The van der Waals surface area contributed by atoms with E-state index < -0.39 is 40.3 Å². The van der Waals surface area contributed by atoms with Crippen molar-refractivity contribution in [1.29, 1.82) is 5.26 Å². The molecule has 208 valence electrons. The molecule has 10 heteroatoms. The monoisotopic (exact) mass is 553 g/mol. The zero-order chi connectivity index (χ0) is 29.8. The number of phenolic OH excluding ortho intramolecular Hbond substituents is 1. The number of nitrogens with one attached hydrogen (secondary N) is 1. The number of rotatable bonds is 7. The fraction of sp³-hybridized carbons (Fsp3) is 0.161. The lowest BCUT2D eigenvalue weighted by Gasteiger charge is -2.17. The molecule has 0 aliphatic heterocycles. The summed E-state index contributed by atoms with van der Waals surface area (Å²) in [6, 6.07) is 14.4. The zero-order valence-corrected chi connectivity index (χ0v) is 22.8. The number of nitrogens with zero attached hydrogens (tertiary/aromatic N) is 1. The number of phenols is 1. The van der Waals surface area contributed by atoms with E-state index in [1.807, 2.05) is 13.8 Å². The number of aromatic hydroxyl groups is 1. The number of furan rings is 1. The highest BCUT2D eigenvalue weighted by Crippen LogP contribution is 2.35. The van der Waals surface area contributed by atoms with Crippen molar-refractivity contribution in [2.75, 3.05) is 0 Å². The van der Waals surface area contributed by atoms with Crippen LogP contribution in [0.1, 0.15) is 64.7 Å². The van der Waals surface area contributed by atoms with Gasteiger partial charge in [0.05, 0.1) is 17.4 Å². The Morgan fingerprint density at radius 3 is 2.32 bits per heavy atom. The van der Waals surface area contributed by atoms with Gasteiger partial charge in [0.15, 0.2) is 0 Å². The number of amides is 1. The number of nitrogens with two attached hydrogens (primary N) is 1. The van der Waals surface area contributed by atoms with Crippen LogP contribution in [0.2, 0.25) is 0 Å². The second-order valence-electron chi connectivity index (χ2n) is 9.33. The highest BCUT2D eigenvalue weighted by atomic mass is 16.6. The molecule has 3 aromatic carbocycles. The van der Waals surface area contributed by atoms with E-state index in [1.165, 1.54) is 12.3 Å². The highest BCUT2D eigenvalue weighted by molar-refractivity contribution is 6.11. The second-order valence-corrected chi connectivity index (χ2v) is 9.33. The van der Waals surface area contributed by atoms with Crippen LogP contribution in [0.3, 0.4) is 0 Å². The Morgan fingerprint density at radius 2 is 1.66 bits per heavy atom. The van der Waals surface area contributed by atoms with E-state index in [0.29, 0.717) is 23.5 Å². The molecule has 0 saturated carbocycles. The second kappa shape index (κ2) is 11.8. The van der Waals surface area contributed by atoms with Gasteiger partial charge in [-0.25, -0.2) is 15.4 Å². The normalized spacial score (nSPS) is 10.5. The minimum Gasteiger partial charge on any atom is -0.507 e. The molecule has 0 aliphatic rings. The van der Waals surface area contributed by atoms with Crippen LogP contribution in [0.25, 0.3) is 11.1 Å². The Balaban J connectivity index is 1.63.